The highest BCUT2D eigenvalue weighted by molar-refractivity contribution is 5.43. The van der Waals surface area contributed by atoms with Gasteiger partial charge in [-0.15, -0.1) is 5.10 Å². The maximum atomic E-state index is 4.47. The van der Waals surface area contributed by atoms with E-state index in [1.165, 1.54) is 12.8 Å². The number of aromatic nitrogens is 3. The van der Waals surface area contributed by atoms with Crippen molar-refractivity contribution in [2.75, 3.05) is 18.4 Å². The summed E-state index contributed by atoms with van der Waals surface area (Å²) in [7, 11) is 0. The molecule has 5 nitrogen and oxygen atoms in total. The van der Waals surface area contributed by atoms with Gasteiger partial charge in [0.25, 0.3) is 0 Å². The van der Waals surface area contributed by atoms with E-state index in [1.54, 1.807) is 4.52 Å². The minimum absolute atomic E-state index is 0.398. The number of rotatable bonds is 3. The fourth-order valence-corrected chi connectivity index (χ4v) is 2.52. The Morgan fingerprint density at radius 3 is 3.22 bits per heavy atom. The van der Waals surface area contributed by atoms with Crippen molar-refractivity contribution in [1.82, 2.24) is 19.9 Å². The normalized spacial score (nSPS) is 21.9. The molecule has 1 saturated heterocycles. The quantitative estimate of drug-likeness (QED) is 0.861. The number of nitrogens with one attached hydrogen (secondary N) is 2. The van der Waals surface area contributed by atoms with E-state index in [2.05, 4.69) is 27.6 Å². The monoisotopic (exact) mass is 245 g/mol. The van der Waals surface area contributed by atoms with Gasteiger partial charge in [-0.25, -0.2) is 4.52 Å². The van der Waals surface area contributed by atoms with Crippen molar-refractivity contribution in [2.24, 2.45) is 5.92 Å². The van der Waals surface area contributed by atoms with Crippen molar-refractivity contribution < 1.29 is 0 Å². The van der Waals surface area contributed by atoms with Crippen LogP contribution in [0, 0.1) is 5.92 Å². The minimum atomic E-state index is 0.398. The van der Waals surface area contributed by atoms with Crippen LogP contribution in [-0.2, 0) is 0 Å². The van der Waals surface area contributed by atoms with Crippen LogP contribution in [0.1, 0.15) is 19.8 Å². The van der Waals surface area contributed by atoms with Crippen LogP contribution >= 0.6 is 0 Å². The molecule has 0 bridgehead atoms. The van der Waals surface area contributed by atoms with Crippen LogP contribution in [0.5, 0.6) is 0 Å². The van der Waals surface area contributed by atoms with Crippen LogP contribution in [0.15, 0.2) is 24.4 Å². The van der Waals surface area contributed by atoms with Gasteiger partial charge in [0.05, 0.1) is 0 Å². The largest absolute Gasteiger partial charge is 0.350 e. The molecule has 2 unspecified atom stereocenters. The topological polar surface area (TPSA) is 54.2 Å². The van der Waals surface area contributed by atoms with Crippen LogP contribution in [0.4, 0.5) is 5.95 Å². The number of hydrogen-bond acceptors (Lipinski definition) is 4. The van der Waals surface area contributed by atoms with Crippen molar-refractivity contribution in [3.63, 3.8) is 0 Å². The number of pyridine rings is 1. The molecular formula is C13H19N5. The molecule has 0 aliphatic carbocycles. The van der Waals surface area contributed by atoms with Gasteiger partial charge >= 0.3 is 0 Å². The molecule has 2 atom stereocenters. The molecule has 0 amide bonds. The zero-order valence-electron chi connectivity index (χ0n) is 10.6. The summed E-state index contributed by atoms with van der Waals surface area (Å²) in [6.07, 6.45) is 4.45. The van der Waals surface area contributed by atoms with E-state index in [0.29, 0.717) is 12.0 Å². The third-order valence-corrected chi connectivity index (χ3v) is 3.64. The van der Waals surface area contributed by atoms with Crippen LogP contribution in [0.2, 0.25) is 0 Å². The SMILES string of the molecule is CC(Nc1nc2ccccn2n1)C1CCCNC1. The molecule has 5 heteroatoms. The summed E-state index contributed by atoms with van der Waals surface area (Å²) >= 11 is 0. The number of hydrogen-bond donors (Lipinski definition) is 2. The molecule has 0 spiro atoms. The average molecular weight is 245 g/mol. The Morgan fingerprint density at radius 1 is 1.50 bits per heavy atom. The Hall–Kier alpha value is -1.62. The fourth-order valence-electron chi connectivity index (χ4n) is 2.52. The molecule has 2 aromatic rings. The third-order valence-electron chi connectivity index (χ3n) is 3.64. The maximum Gasteiger partial charge on any atom is 0.243 e. The van der Waals surface area contributed by atoms with Crippen molar-refractivity contribution in [3.05, 3.63) is 24.4 Å². The average Bonchev–Trinajstić information content (AvgIpc) is 2.82. The van der Waals surface area contributed by atoms with Crippen LogP contribution in [-0.4, -0.2) is 33.7 Å². The van der Waals surface area contributed by atoms with Gasteiger partial charge in [0.2, 0.25) is 5.95 Å². The molecule has 3 rings (SSSR count). The Bertz CT molecular complexity index is 482. The van der Waals surface area contributed by atoms with E-state index in [9.17, 15) is 0 Å². The molecule has 1 aliphatic rings. The van der Waals surface area contributed by atoms with Gasteiger partial charge in [-0.2, -0.15) is 4.98 Å². The zero-order chi connectivity index (χ0) is 12.4. The van der Waals surface area contributed by atoms with E-state index in [0.717, 1.165) is 24.7 Å². The van der Waals surface area contributed by atoms with Crippen molar-refractivity contribution in [2.45, 2.75) is 25.8 Å². The summed E-state index contributed by atoms with van der Waals surface area (Å²) in [5, 5.41) is 11.3. The lowest BCUT2D eigenvalue weighted by molar-refractivity contribution is 0.346. The lowest BCUT2D eigenvalue weighted by Gasteiger charge is -2.28. The first kappa shape index (κ1) is 11.5. The summed E-state index contributed by atoms with van der Waals surface area (Å²) in [5.41, 5.74) is 0.883. The second-order valence-corrected chi connectivity index (χ2v) is 4.98. The van der Waals surface area contributed by atoms with Crippen molar-refractivity contribution >= 4 is 11.6 Å². The lowest BCUT2D eigenvalue weighted by atomic mass is 9.93. The van der Waals surface area contributed by atoms with Gasteiger partial charge in [0.1, 0.15) is 0 Å². The van der Waals surface area contributed by atoms with Gasteiger partial charge in [-0.3, -0.25) is 0 Å². The molecule has 96 valence electrons. The molecule has 3 heterocycles. The molecular weight excluding hydrogens is 226 g/mol. The molecule has 2 aromatic heterocycles. The van der Waals surface area contributed by atoms with E-state index >= 15 is 0 Å². The Kier molecular flexibility index (Phi) is 3.15. The van der Waals surface area contributed by atoms with Gasteiger partial charge in [0, 0.05) is 12.2 Å². The van der Waals surface area contributed by atoms with Crippen molar-refractivity contribution in [1.29, 1.82) is 0 Å². The maximum absolute atomic E-state index is 4.47. The molecule has 2 N–H and O–H groups in total. The first-order valence-electron chi connectivity index (χ1n) is 6.61. The molecule has 0 aromatic carbocycles. The van der Waals surface area contributed by atoms with Crippen LogP contribution < -0.4 is 10.6 Å². The smallest absolute Gasteiger partial charge is 0.243 e. The van der Waals surface area contributed by atoms with Gasteiger partial charge in [-0.1, -0.05) is 6.07 Å². The highest BCUT2D eigenvalue weighted by Crippen LogP contribution is 2.17. The van der Waals surface area contributed by atoms with Gasteiger partial charge in [-0.05, 0) is 50.9 Å². The van der Waals surface area contributed by atoms with E-state index in [1.807, 2.05) is 24.4 Å². The van der Waals surface area contributed by atoms with E-state index < -0.39 is 0 Å². The molecule has 1 fully saturated rings. The number of piperidine rings is 1. The fraction of sp³-hybridized carbons (Fsp3) is 0.538. The Balaban J connectivity index is 1.71. The van der Waals surface area contributed by atoms with Crippen LogP contribution in [0.3, 0.4) is 0 Å². The predicted octanol–water partition coefficient (Wildman–Crippen LogP) is 1.53. The molecule has 1 aliphatic heterocycles. The first-order valence-corrected chi connectivity index (χ1v) is 6.61. The summed E-state index contributed by atoms with van der Waals surface area (Å²) < 4.78 is 1.80. The third kappa shape index (κ3) is 2.31. The lowest BCUT2D eigenvalue weighted by Crippen LogP contribution is -2.39. The van der Waals surface area contributed by atoms with E-state index in [-0.39, 0.29) is 0 Å². The number of nitrogens with zero attached hydrogens (tertiary/aromatic N) is 3. The predicted molar refractivity (Wildman–Crippen MR) is 71.7 cm³/mol. The number of fused-ring (bicyclic) bond motifs is 1. The molecule has 18 heavy (non-hydrogen) atoms. The number of anilines is 1. The van der Waals surface area contributed by atoms with Crippen molar-refractivity contribution in [3.8, 4) is 0 Å². The van der Waals surface area contributed by atoms with E-state index in [4.69, 9.17) is 0 Å². The summed E-state index contributed by atoms with van der Waals surface area (Å²) in [6, 6.07) is 6.29. The van der Waals surface area contributed by atoms with Gasteiger partial charge in [0.15, 0.2) is 5.65 Å². The Morgan fingerprint density at radius 2 is 2.44 bits per heavy atom. The first-order chi connectivity index (χ1) is 8.83. The minimum Gasteiger partial charge on any atom is -0.350 e. The highest BCUT2D eigenvalue weighted by Gasteiger charge is 2.20. The summed E-state index contributed by atoms with van der Waals surface area (Å²) in [5.74, 6) is 1.38. The molecule has 0 saturated carbocycles. The Labute approximate surface area is 107 Å². The van der Waals surface area contributed by atoms with Crippen LogP contribution in [0.25, 0.3) is 5.65 Å². The second kappa shape index (κ2) is 4.94. The van der Waals surface area contributed by atoms with Gasteiger partial charge < -0.3 is 10.6 Å². The molecule has 0 radical (unpaired) electrons. The second-order valence-electron chi connectivity index (χ2n) is 4.98. The highest BCUT2D eigenvalue weighted by atomic mass is 15.3. The zero-order valence-corrected chi connectivity index (χ0v) is 10.6. The summed E-state index contributed by atoms with van der Waals surface area (Å²) in [4.78, 5) is 4.47. The summed E-state index contributed by atoms with van der Waals surface area (Å²) in [6.45, 7) is 4.45. The standard InChI is InChI=1S/C13H19N5/c1-10(11-5-4-7-14-9-11)15-13-16-12-6-2-3-8-18(12)17-13/h2-3,6,8,10-11,14H,4-5,7,9H2,1H3,(H,15,17).